The second-order valence-electron chi connectivity index (χ2n) is 13.3. The van der Waals surface area contributed by atoms with Gasteiger partial charge < -0.3 is 24.8 Å². The second kappa shape index (κ2) is 10.2. The Morgan fingerprint density at radius 1 is 0.892 bits per heavy atom. The molecule has 0 amide bonds. The first-order valence-corrected chi connectivity index (χ1v) is 14.7. The van der Waals surface area contributed by atoms with Crippen LogP contribution in [0.4, 0.5) is 0 Å². The van der Waals surface area contributed by atoms with Crippen molar-refractivity contribution >= 4 is 0 Å². The van der Waals surface area contributed by atoms with Gasteiger partial charge in [0.2, 0.25) is 0 Å². The Hall–Kier alpha value is -1.56. The van der Waals surface area contributed by atoms with E-state index >= 15 is 0 Å². The van der Waals surface area contributed by atoms with Crippen LogP contribution < -0.4 is 0 Å². The number of phenolic OH excluding ortho intramolecular Hbond substituents is 2. The monoisotopic (exact) mass is 512 g/mol. The summed E-state index contributed by atoms with van der Waals surface area (Å²) in [7, 11) is 0. The molecule has 1 aromatic rings. The summed E-state index contributed by atoms with van der Waals surface area (Å²) in [4.78, 5) is 0. The second-order valence-corrected chi connectivity index (χ2v) is 13.3. The van der Waals surface area contributed by atoms with Gasteiger partial charge in [-0.25, -0.2) is 0 Å². The highest BCUT2D eigenvalue weighted by molar-refractivity contribution is 5.38. The maximum absolute atomic E-state index is 10.6. The van der Waals surface area contributed by atoms with Crippen molar-refractivity contribution in [1.82, 2.24) is 0 Å². The minimum Gasteiger partial charge on any atom is -0.508 e. The number of hydrogen-bond acceptors (Lipinski definition) is 5. The van der Waals surface area contributed by atoms with E-state index in [0.29, 0.717) is 35.5 Å². The van der Waals surface area contributed by atoms with Gasteiger partial charge in [-0.3, -0.25) is 0 Å². The quantitative estimate of drug-likeness (QED) is 0.381. The Bertz CT molecular complexity index is 985. The predicted octanol–water partition coefficient (Wildman–Crippen LogP) is 6.97. The summed E-state index contributed by atoms with van der Waals surface area (Å²) in [5.74, 6) is 2.85. The molecule has 37 heavy (non-hydrogen) atoms. The van der Waals surface area contributed by atoms with E-state index in [1.54, 1.807) is 12.1 Å². The molecule has 5 rings (SSSR count). The molecule has 5 nitrogen and oxygen atoms in total. The van der Waals surface area contributed by atoms with E-state index in [9.17, 15) is 15.3 Å². The van der Waals surface area contributed by atoms with Crippen LogP contribution in [0.25, 0.3) is 0 Å². The first kappa shape index (κ1) is 27.0. The van der Waals surface area contributed by atoms with Gasteiger partial charge in [-0.05, 0) is 98.1 Å². The number of rotatable bonds is 3. The van der Waals surface area contributed by atoms with Crippen LogP contribution in [-0.4, -0.2) is 33.3 Å². The number of aromatic hydroxyl groups is 2. The molecule has 3 fully saturated rings. The largest absolute Gasteiger partial charge is 0.508 e. The van der Waals surface area contributed by atoms with Gasteiger partial charge in [-0.15, -0.1) is 0 Å². The highest BCUT2D eigenvalue weighted by Crippen LogP contribution is 2.54. The standard InChI is InChI=1S/C32H48O5/c1-17-9-10-32(37-31(17)24-13-25(33)15-26(34)14-24)20(4)11-19(3)29(36-32)16-27-18(2)12-23-7-8-28(35)22(6)30(23)21(27)5/h12-15,17,19-23,27-31,33-35H,7-11,16H2,1-6H3/t17-,19-,20-,21-,22?,23?,27+,28+,29?,30?,31-,32+/m0/s1. The molecule has 1 aromatic carbocycles. The van der Waals surface area contributed by atoms with Gasteiger partial charge in [0, 0.05) is 18.4 Å². The van der Waals surface area contributed by atoms with Crippen molar-refractivity contribution in [3.63, 3.8) is 0 Å². The summed E-state index contributed by atoms with van der Waals surface area (Å²) in [5.41, 5.74) is 2.30. The summed E-state index contributed by atoms with van der Waals surface area (Å²) in [6.45, 7) is 13.7. The maximum Gasteiger partial charge on any atom is 0.172 e. The van der Waals surface area contributed by atoms with Crippen LogP contribution in [0.5, 0.6) is 11.5 Å². The minimum absolute atomic E-state index is 0.0587. The summed E-state index contributed by atoms with van der Waals surface area (Å²) < 4.78 is 13.9. The van der Waals surface area contributed by atoms with Crippen LogP contribution in [0.3, 0.4) is 0 Å². The molecule has 4 aliphatic rings. The van der Waals surface area contributed by atoms with Crippen LogP contribution >= 0.6 is 0 Å². The Morgan fingerprint density at radius 2 is 1.59 bits per heavy atom. The number of allylic oxidation sites excluding steroid dienone is 2. The summed E-state index contributed by atoms with van der Waals surface area (Å²) in [6, 6.07) is 4.78. The van der Waals surface area contributed by atoms with Gasteiger partial charge in [0.05, 0.1) is 18.3 Å². The predicted molar refractivity (Wildman–Crippen MR) is 145 cm³/mol. The van der Waals surface area contributed by atoms with Gasteiger partial charge in [0.15, 0.2) is 5.79 Å². The van der Waals surface area contributed by atoms with E-state index in [1.165, 1.54) is 11.6 Å². The lowest BCUT2D eigenvalue weighted by molar-refractivity contribution is -0.356. The number of aliphatic hydroxyl groups is 1. The smallest absolute Gasteiger partial charge is 0.172 e. The van der Waals surface area contributed by atoms with Crippen molar-refractivity contribution in [2.45, 2.75) is 104 Å². The van der Waals surface area contributed by atoms with E-state index < -0.39 is 5.79 Å². The zero-order valence-electron chi connectivity index (χ0n) is 23.6. The molecule has 3 N–H and O–H groups in total. The highest BCUT2D eigenvalue weighted by atomic mass is 16.7. The topological polar surface area (TPSA) is 79.2 Å². The van der Waals surface area contributed by atoms with Crippen molar-refractivity contribution in [3.8, 4) is 11.5 Å². The Morgan fingerprint density at radius 3 is 2.30 bits per heavy atom. The number of aliphatic hydroxyl groups excluding tert-OH is 1. The molecular formula is C32H48O5. The van der Waals surface area contributed by atoms with Crippen LogP contribution in [0, 0.1) is 47.3 Å². The Balaban J connectivity index is 1.38. The van der Waals surface area contributed by atoms with Gasteiger partial charge in [0.25, 0.3) is 0 Å². The third-order valence-electron chi connectivity index (χ3n) is 10.8. The lowest BCUT2D eigenvalue weighted by Crippen LogP contribution is -2.55. The number of phenols is 2. The molecule has 2 heterocycles. The minimum atomic E-state index is -0.651. The van der Waals surface area contributed by atoms with Crippen molar-refractivity contribution in [2.24, 2.45) is 47.3 Å². The molecule has 4 unspecified atom stereocenters. The zero-order chi connectivity index (χ0) is 26.6. The third kappa shape index (κ3) is 4.96. The molecule has 206 valence electrons. The number of benzene rings is 1. The molecule has 2 aliphatic heterocycles. The van der Waals surface area contributed by atoms with Crippen LogP contribution in [0.15, 0.2) is 29.8 Å². The SMILES string of the molecule is CC1=CC2CC[C@@H](O)C(C)C2[C@@H](C)[C@@H]1CC1O[C@@]2(CC[C@H](C)[C@@H](c3cc(O)cc(O)c3)O2)[C@@H](C)C[C@@H]1C. The fraction of sp³-hybridized carbons (Fsp3) is 0.750. The third-order valence-corrected chi connectivity index (χ3v) is 10.8. The van der Waals surface area contributed by atoms with E-state index in [4.69, 9.17) is 9.47 Å². The molecule has 2 saturated heterocycles. The van der Waals surface area contributed by atoms with E-state index in [2.05, 4.69) is 47.6 Å². The van der Waals surface area contributed by atoms with E-state index in [0.717, 1.165) is 44.1 Å². The number of hydrogen-bond donors (Lipinski definition) is 3. The average molecular weight is 513 g/mol. The average Bonchev–Trinajstić information content (AvgIpc) is 2.83. The van der Waals surface area contributed by atoms with Gasteiger partial charge >= 0.3 is 0 Å². The van der Waals surface area contributed by atoms with Crippen molar-refractivity contribution < 1.29 is 24.8 Å². The van der Waals surface area contributed by atoms with Crippen molar-refractivity contribution in [1.29, 1.82) is 0 Å². The summed E-state index contributed by atoms with van der Waals surface area (Å²) in [6.07, 6.45) is 8.11. The Labute approximate surface area is 223 Å². The van der Waals surface area contributed by atoms with Gasteiger partial charge in [-0.2, -0.15) is 0 Å². The lowest BCUT2D eigenvalue weighted by atomic mass is 9.58. The molecular weight excluding hydrogens is 464 g/mol. The first-order valence-electron chi connectivity index (χ1n) is 14.7. The highest BCUT2D eigenvalue weighted by Gasteiger charge is 2.52. The van der Waals surface area contributed by atoms with Crippen molar-refractivity contribution in [2.75, 3.05) is 0 Å². The molecule has 5 heteroatoms. The molecule has 0 bridgehead atoms. The van der Waals surface area contributed by atoms with Crippen LogP contribution in [-0.2, 0) is 9.47 Å². The summed E-state index contributed by atoms with van der Waals surface area (Å²) in [5, 5.41) is 30.9. The van der Waals surface area contributed by atoms with Crippen LogP contribution in [0.1, 0.15) is 91.7 Å². The Kier molecular flexibility index (Phi) is 7.45. The fourth-order valence-corrected chi connectivity index (χ4v) is 8.58. The zero-order valence-corrected chi connectivity index (χ0v) is 23.6. The van der Waals surface area contributed by atoms with Gasteiger partial charge in [-0.1, -0.05) is 46.3 Å². The maximum atomic E-state index is 10.6. The number of fused-ring (bicyclic) bond motifs is 1. The normalized spacial score (nSPS) is 46.4. The first-order chi connectivity index (χ1) is 17.5. The van der Waals surface area contributed by atoms with Gasteiger partial charge in [0.1, 0.15) is 11.5 Å². The summed E-state index contributed by atoms with van der Waals surface area (Å²) >= 11 is 0. The van der Waals surface area contributed by atoms with E-state index in [-0.39, 0.29) is 41.6 Å². The number of ether oxygens (including phenoxy) is 2. The molecule has 0 radical (unpaired) electrons. The molecule has 1 saturated carbocycles. The molecule has 12 atom stereocenters. The molecule has 1 spiro atoms. The molecule has 0 aromatic heterocycles. The van der Waals surface area contributed by atoms with Crippen LogP contribution in [0.2, 0.25) is 0 Å². The van der Waals surface area contributed by atoms with Crippen molar-refractivity contribution in [3.05, 3.63) is 35.4 Å². The fourth-order valence-electron chi connectivity index (χ4n) is 8.58. The van der Waals surface area contributed by atoms with E-state index in [1.807, 2.05) is 0 Å². The lowest BCUT2D eigenvalue weighted by Gasteiger charge is -2.54. The molecule has 2 aliphatic carbocycles.